The van der Waals surface area contributed by atoms with Crippen LogP contribution < -0.4 is 10.6 Å². The summed E-state index contributed by atoms with van der Waals surface area (Å²) in [5.41, 5.74) is 0. The van der Waals surface area contributed by atoms with Crippen molar-refractivity contribution >= 4 is 17.9 Å². The van der Waals surface area contributed by atoms with E-state index in [4.69, 9.17) is 0 Å². The van der Waals surface area contributed by atoms with Gasteiger partial charge in [0.1, 0.15) is 17.9 Å². The highest BCUT2D eigenvalue weighted by atomic mass is 31.2. The second-order valence-corrected chi connectivity index (χ2v) is 9.62. The Morgan fingerprint density at radius 1 is 0.818 bits per heavy atom. The minimum Gasteiger partial charge on any atom is -0.202 e. The number of benzene rings is 2. The Hall–Kier alpha value is -1.20. The van der Waals surface area contributed by atoms with Crippen LogP contribution in [0.2, 0.25) is 0 Å². The molecular weight excluding hydrogens is 290 g/mol. The molecule has 2 aromatic rings. The highest BCUT2D eigenvalue weighted by Crippen LogP contribution is 2.63. The Bertz CT molecular complexity index is 499. The topological polar surface area (TPSA) is 0 Å². The van der Waals surface area contributed by atoms with Crippen LogP contribution in [0.15, 0.2) is 60.7 Å². The van der Waals surface area contributed by atoms with Gasteiger partial charge in [0.2, 0.25) is 5.91 Å². The summed E-state index contributed by atoms with van der Waals surface area (Å²) in [7, 11) is -1.99. The van der Waals surface area contributed by atoms with Crippen LogP contribution in [0.1, 0.15) is 39.5 Å². The van der Waals surface area contributed by atoms with Crippen molar-refractivity contribution in [1.29, 1.82) is 0 Å². The number of unbranched alkanes of at least 4 members (excludes halogenated alkanes) is 1. The minimum absolute atomic E-state index is 0.654. The summed E-state index contributed by atoms with van der Waals surface area (Å²) in [6, 6.07) is 20.8. The van der Waals surface area contributed by atoms with Crippen molar-refractivity contribution in [3.8, 4) is 0 Å². The molecule has 0 radical (unpaired) electrons. The van der Waals surface area contributed by atoms with Crippen LogP contribution in [0.3, 0.4) is 0 Å². The van der Waals surface area contributed by atoms with Gasteiger partial charge < -0.3 is 0 Å². The fourth-order valence-corrected chi connectivity index (χ4v) is 7.79. The van der Waals surface area contributed by atoms with Crippen LogP contribution in [-0.2, 0) is 0 Å². The third-order valence-electron chi connectivity index (χ3n) is 4.30. The molecular formula is C20H27FP+. The van der Waals surface area contributed by atoms with Crippen LogP contribution in [0.25, 0.3) is 0 Å². The lowest BCUT2D eigenvalue weighted by Gasteiger charge is -2.30. The molecule has 0 N–H and O–H groups in total. The van der Waals surface area contributed by atoms with Crippen molar-refractivity contribution in [2.24, 2.45) is 0 Å². The summed E-state index contributed by atoms with van der Waals surface area (Å²) < 4.78 is 15.5. The Morgan fingerprint density at radius 3 is 1.73 bits per heavy atom. The van der Waals surface area contributed by atoms with Gasteiger partial charge in [0.05, 0.1) is 6.16 Å². The molecule has 22 heavy (non-hydrogen) atoms. The number of hydrogen-bond acceptors (Lipinski definition) is 0. The fourth-order valence-electron chi connectivity index (χ4n) is 3.12. The van der Waals surface area contributed by atoms with Gasteiger partial charge in [-0.05, 0) is 37.1 Å². The summed E-state index contributed by atoms with van der Waals surface area (Å²) in [5.74, 6) is -0.742. The lowest BCUT2D eigenvalue weighted by atomic mass is 10.3. The normalized spacial score (nSPS) is 13.0. The number of halogens is 1. The molecule has 0 saturated heterocycles. The predicted octanol–water partition coefficient (Wildman–Crippen LogP) is 5.55. The van der Waals surface area contributed by atoms with Gasteiger partial charge in [-0.3, -0.25) is 0 Å². The second kappa shape index (κ2) is 8.44. The van der Waals surface area contributed by atoms with Gasteiger partial charge in [-0.25, -0.2) is 4.39 Å². The standard InChI is InChI=1S/C20H27FP/c1-3-5-17-22(20(21)12-4-2,18-13-8-6-9-14-18)19-15-10-7-11-16-19/h6-11,13-16,20H,3-5,12,17H2,1-2H3/q+1. The van der Waals surface area contributed by atoms with Crippen molar-refractivity contribution in [2.75, 3.05) is 6.16 Å². The van der Waals surface area contributed by atoms with Crippen LogP contribution in [0.5, 0.6) is 0 Å². The molecule has 1 unspecified atom stereocenters. The highest BCUT2D eigenvalue weighted by Gasteiger charge is 2.49. The monoisotopic (exact) mass is 317 g/mol. The number of alkyl halides is 1. The van der Waals surface area contributed by atoms with Gasteiger partial charge in [-0.15, -0.1) is 0 Å². The van der Waals surface area contributed by atoms with E-state index in [9.17, 15) is 0 Å². The first-order chi connectivity index (χ1) is 10.8. The molecule has 0 nitrogen and oxygen atoms in total. The molecule has 0 bridgehead atoms. The van der Waals surface area contributed by atoms with Gasteiger partial charge >= 0.3 is 0 Å². The van der Waals surface area contributed by atoms with Gasteiger partial charge in [0, 0.05) is 6.42 Å². The Labute approximate surface area is 135 Å². The van der Waals surface area contributed by atoms with E-state index in [1.165, 1.54) is 10.6 Å². The van der Waals surface area contributed by atoms with E-state index in [2.05, 4.69) is 62.4 Å². The zero-order valence-electron chi connectivity index (χ0n) is 13.7. The third kappa shape index (κ3) is 3.58. The SMILES string of the molecule is CCCC[P+](c1ccccc1)(c1ccccc1)C(F)CCC. The molecule has 2 heteroatoms. The number of hydrogen-bond donors (Lipinski definition) is 0. The molecule has 0 aliphatic rings. The van der Waals surface area contributed by atoms with E-state index < -0.39 is 13.2 Å². The average Bonchev–Trinajstić information content (AvgIpc) is 2.58. The lowest BCUT2D eigenvalue weighted by molar-refractivity contribution is 0.416. The summed E-state index contributed by atoms with van der Waals surface area (Å²) >= 11 is 0. The predicted molar refractivity (Wildman–Crippen MR) is 98.7 cm³/mol. The van der Waals surface area contributed by atoms with Gasteiger partial charge in [-0.2, -0.15) is 0 Å². The first kappa shape index (κ1) is 17.2. The smallest absolute Gasteiger partial charge is 0.202 e. The van der Waals surface area contributed by atoms with E-state index in [0.717, 1.165) is 25.4 Å². The molecule has 0 aromatic heterocycles. The van der Waals surface area contributed by atoms with Crippen molar-refractivity contribution in [3.05, 3.63) is 60.7 Å². The molecule has 2 aromatic carbocycles. The van der Waals surface area contributed by atoms with E-state index in [1.54, 1.807) is 0 Å². The first-order valence-electron chi connectivity index (χ1n) is 8.38. The molecule has 0 heterocycles. The van der Waals surface area contributed by atoms with Crippen molar-refractivity contribution < 1.29 is 4.39 Å². The zero-order valence-corrected chi connectivity index (χ0v) is 14.6. The van der Waals surface area contributed by atoms with E-state index in [0.29, 0.717) is 6.42 Å². The molecule has 2 rings (SSSR count). The Morgan fingerprint density at radius 2 is 1.32 bits per heavy atom. The van der Waals surface area contributed by atoms with Gasteiger partial charge in [0.15, 0.2) is 0 Å². The Kier molecular flexibility index (Phi) is 6.58. The quantitative estimate of drug-likeness (QED) is 0.560. The maximum Gasteiger partial charge on any atom is 0.214 e. The number of rotatable bonds is 8. The summed E-state index contributed by atoms with van der Waals surface area (Å²) in [5, 5.41) is 2.44. The van der Waals surface area contributed by atoms with Crippen LogP contribution in [0, 0.1) is 0 Å². The summed E-state index contributed by atoms with van der Waals surface area (Å²) in [6.07, 6.45) is 4.72. The maximum absolute atomic E-state index is 15.5. The first-order valence-corrected chi connectivity index (χ1v) is 10.4. The van der Waals surface area contributed by atoms with E-state index >= 15 is 4.39 Å². The van der Waals surface area contributed by atoms with Crippen LogP contribution >= 0.6 is 7.26 Å². The largest absolute Gasteiger partial charge is 0.214 e. The second-order valence-electron chi connectivity index (χ2n) is 5.84. The zero-order chi connectivity index (χ0) is 15.8. The Balaban J connectivity index is 2.57. The highest BCUT2D eigenvalue weighted by molar-refractivity contribution is 7.89. The summed E-state index contributed by atoms with van der Waals surface area (Å²) in [6.45, 7) is 4.27. The van der Waals surface area contributed by atoms with Crippen LogP contribution in [-0.4, -0.2) is 12.1 Å². The van der Waals surface area contributed by atoms with E-state index in [1.807, 2.05) is 12.1 Å². The molecule has 0 saturated carbocycles. The van der Waals surface area contributed by atoms with Crippen molar-refractivity contribution in [1.82, 2.24) is 0 Å². The van der Waals surface area contributed by atoms with Gasteiger partial charge in [0.25, 0.3) is 0 Å². The van der Waals surface area contributed by atoms with Crippen molar-refractivity contribution in [3.63, 3.8) is 0 Å². The molecule has 0 aliphatic carbocycles. The molecule has 0 fully saturated rings. The molecule has 118 valence electrons. The minimum atomic E-state index is -1.99. The molecule has 0 aliphatic heterocycles. The lowest BCUT2D eigenvalue weighted by Crippen LogP contribution is -2.31. The van der Waals surface area contributed by atoms with E-state index in [-0.39, 0.29) is 0 Å². The van der Waals surface area contributed by atoms with Crippen molar-refractivity contribution in [2.45, 2.75) is 45.4 Å². The third-order valence-corrected chi connectivity index (χ3v) is 8.98. The van der Waals surface area contributed by atoms with Gasteiger partial charge in [-0.1, -0.05) is 56.7 Å². The summed E-state index contributed by atoms with van der Waals surface area (Å²) in [4.78, 5) is 0. The maximum atomic E-state index is 15.5. The van der Waals surface area contributed by atoms with Crippen LogP contribution in [0.4, 0.5) is 4.39 Å². The molecule has 0 spiro atoms. The molecule has 0 amide bonds. The fraction of sp³-hybridized carbons (Fsp3) is 0.400. The average molecular weight is 317 g/mol. The molecule has 1 atom stereocenters.